The summed E-state index contributed by atoms with van der Waals surface area (Å²) in [7, 11) is 0. The summed E-state index contributed by atoms with van der Waals surface area (Å²) in [6.45, 7) is 8.11. The fourth-order valence-electron chi connectivity index (χ4n) is 3.10. The number of pyridine rings is 1. The molecule has 1 aliphatic heterocycles. The van der Waals surface area contributed by atoms with Crippen LogP contribution in [-0.4, -0.2) is 53.4 Å². The van der Waals surface area contributed by atoms with Gasteiger partial charge < -0.3 is 15.1 Å². The van der Waals surface area contributed by atoms with Crippen molar-refractivity contribution in [2.45, 2.75) is 26.3 Å². The number of benzene rings is 1. The minimum atomic E-state index is -0.367. The number of nitrogens with zero attached hydrogens (tertiary/aromatic N) is 3. The topological polar surface area (TPSA) is 65.5 Å². The number of hydrogen-bond donors (Lipinski definition) is 1. The maximum Gasteiger partial charge on any atom is 0.255 e. The average Bonchev–Trinajstić information content (AvgIpc) is 2.67. The molecule has 28 heavy (non-hydrogen) atoms. The van der Waals surface area contributed by atoms with E-state index in [0.717, 1.165) is 5.69 Å². The van der Waals surface area contributed by atoms with Crippen LogP contribution in [0.4, 0.5) is 10.1 Å². The van der Waals surface area contributed by atoms with E-state index in [2.05, 4.69) is 15.2 Å². The number of hydrogen-bond acceptors (Lipinski definition) is 4. The third-order valence-corrected chi connectivity index (χ3v) is 4.49. The summed E-state index contributed by atoms with van der Waals surface area (Å²) >= 11 is 0. The second-order valence-electron chi connectivity index (χ2n) is 7.92. The van der Waals surface area contributed by atoms with Crippen LogP contribution in [0, 0.1) is 5.82 Å². The number of amides is 2. The summed E-state index contributed by atoms with van der Waals surface area (Å²) in [4.78, 5) is 33.1. The van der Waals surface area contributed by atoms with Gasteiger partial charge in [-0.05, 0) is 51.1 Å². The minimum absolute atomic E-state index is 0.142. The van der Waals surface area contributed by atoms with Crippen LogP contribution < -0.4 is 10.2 Å². The second-order valence-corrected chi connectivity index (χ2v) is 7.92. The van der Waals surface area contributed by atoms with Crippen molar-refractivity contribution in [2.75, 3.05) is 31.1 Å². The van der Waals surface area contributed by atoms with Crippen LogP contribution in [0.3, 0.4) is 0 Å². The van der Waals surface area contributed by atoms with Gasteiger partial charge in [0, 0.05) is 49.8 Å². The van der Waals surface area contributed by atoms with Gasteiger partial charge in [0.2, 0.25) is 0 Å². The first-order chi connectivity index (χ1) is 13.2. The van der Waals surface area contributed by atoms with Gasteiger partial charge >= 0.3 is 0 Å². The fraction of sp³-hybridized carbons (Fsp3) is 0.381. The quantitative estimate of drug-likeness (QED) is 0.884. The Morgan fingerprint density at radius 2 is 1.61 bits per heavy atom. The van der Waals surface area contributed by atoms with Crippen LogP contribution in [0.25, 0.3) is 0 Å². The molecule has 1 saturated heterocycles. The van der Waals surface area contributed by atoms with E-state index >= 15 is 0 Å². The van der Waals surface area contributed by atoms with E-state index in [1.54, 1.807) is 23.1 Å². The number of nitrogens with one attached hydrogen (secondary N) is 1. The van der Waals surface area contributed by atoms with Gasteiger partial charge in [0.05, 0.1) is 11.1 Å². The predicted molar refractivity (Wildman–Crippen MR) is 106 cm³/mol. The molecule has 1 fully saturated rings. The lowest BCUT2D eigenvalue weighted by molar-refractivity contribution is 0.0746. The zero-order valence-electron chi connectivity index (χ0n) is 16.4. The largest absolute Gasteiger partial charge is 0.368 e. The molecule has 0 bridgehead atoms. The lowest BCUT2D eigenvalue weighted by atomic mass is 10.1. The monoisotopic (exact) mass is 384 g/mol. The van der Waals surface area contributed by atoms with Crippen LogP contribution in [0.15, 0.2) is 42.7 Å². The maximum atomic E-state index is 13.1. The molecule has 7 heteroatoms. The molecule has 2 amide bonds. The number of carbonyl (C=O) groups is 2. The van der Waals surface area contributed by atoms with E-state index in [0.29, 0.717) is 37.3 Å². The summed E-state index contributed by atoms with van der Waals surface area (Å²) in [5.41, 5.74) is 1.34. The van der Waals surface area contributed by atoms with Gasteiger partial charge in [0.1, 0.15) is 5.82 Å². The highest BCUT2D eigenvalue weighted by atomic mass is 19.1. The van der Waals surface area contributed by atoms with Crippen molar-refractivity contribution in [3.05, 3.63) is 59.7 Å². The summed E-state index contributed by atoms with van der Waals surface area (Å²) in [6, 6.07) is 7.95. The van der Waals surface area contributed by atoms with E-state index < -0.39 is 0 Å². The van der Waals surface area contributed by atoms with Crippen molar-refractivity contribution in [3.63, 3.8) is 0 Å². The van der Waals surface area contributed by atoms with Crippen molar-refractivity contribution in [1.82, 2.24) is 15.2 Å². The van der Waals surface area contributed by atoms with Crippen molar-refractivity contribution in [2.24, 2.45) is 0 Å². The SMILES string of the molecule is CC(C)(C)NC(=O)c1cncc(C(=O)N2CCN(c3ccc(F)cc3)CC2)c1. The number of rotatable bonds is 3. The van der Waals surface area contributed by atoms with E-state index in [1.165, 1.54) is 24.5 Å². The fourth-order valence-corrected chi connectivity index (χ4v) is 3.10. The Hall–Kier alpha value is -2.96. The van der Waals surface area contributed by atoms with E-state index in [9.17, 15) is 14.0 Å². The van der Waals surface area contributed by atoms with Crippen LogP contribution >= 0.6 is 0 Å². The molecule has 0 unspecified atom stereocenters. The molecular formula is C21H25FN4O2. The van der Waals surface area contributed by atoms with Gasteiger partial charge in [-0.15, -0.1) is 0 Å². The molecule has 148 valence electrons. The molecule has 3 rings (SSSR count). The molecule has 0 saturated carbocycles. The highest BCUT2D eigenvalue weighted by Crippen LogP contribution is 2.18. The number of halogens is 1. The normalized spacial score (nSPS) is 14.7. The Labute approximate surface area is 164 Å². The van der Waals surface area contributed by atoms with Crippen LogP contribution in [-0.2, 0) is 0 Å². The Balaban J connectivity index is 1.64. The first kappa shape index (κ1) is 19.8. The average molecular weight is 384 g/mol. The van der Waals surface area contributed by atoms with Gasteiger partial charge in [-0.1, -0.05) is 0 Å². The molecule has 1 aliphatic rings. The summed E-state index contributed by atoms with van der Waals surface area (Å²) in [5, 5.41) is 2.87. The Morgan fingerprint density at radius 3 is 2.21 bits per heavy atom. The van der Waals surface area contributed by atoms with Crippen molar-refractivity contribution in [3.8, 4) is 0 Å². The number of piperazine rings is 1. The molecule has 2 heterocycles. The first-order valence-corrected chi connectivity index (χ1v) is 9.30. The highest BCUT2D eigenvalue weighted by Gasteiger charge is 2.24. The van der Waals surface area contributed by atoms with Gasteiger partial charge in [-0.2, -0.15) is 0 Å². The zero-order chi connectivity index (χ0) is 20.3. The zero-order valence-corrected chi connectivity index (χ0v) is 16.4. The molecular weight excluding hydrogens is 359 g/mol. The number of aromatic nitrogens is 1. The molecule has 0 spiro atoms. The van der Waals surface area contributed by atoms with Crippen LogP contribution in [0.2, 0.25) is 0 Å². The molecule has 0 atom stereocenters. The van der Waals surface area contributed by atoms with Crippen molar-refractivity contribution in [1.29, 1.82) is 0 Å². The minimum Gasteiger partial charge on any atom is -0.368 e. The van der Waals surface area contributed by atoms with E-state index in [-0.39, 0.29) is 23.2 Å². The van der Waals surface area contributed by atoms with Gasteiger partial charge in [0.15, 0.2) is 0 Å². The van der Waals surface area contributed by atoms with Crippen LogP contribution in [0.5, 0.6) is 0 Å². The summed E-state index contributed by atoms with van der Waals surface area (Å²) in [6.07, 6.45) is 2.95. The lowest BCUT2D eigenvalue weighted by Gasteiger charge is -2.36. The predicted octanol–water partition coefficient (Wildman–Crippen LogP) is 2.71. The van der Waals surface area contributed by atoms with Gasteiger partial charge in [-0.25, -0.2) is 4.39 Å². The number of carbonyl (C=O) groups excluding carboxylic acids is 2. The van der Waals surface area contributed by atoms with Gasteiger partial charge in [0.25, 0.3) is 11.8 Å². The Kier molecular flexibility index (Phi) is 5.63. The van der Waals surface area contributed by atoms with Crippen molar-refractivity contribution < 1.29 is 14.0 Å². The Morgan fingerprint density at radius 1 is 1.00 bits per heavy atom. The second kappa shape index (κ2) is 7.96. The molecule has 0 radical (unpaired) electrons. The van der Waals surface area contributed by atoms with Crippen LogP contribution in [0.1, 0.15) is 41.5 Å². The first-order valence-electron chi connectivity index (χ1n) is 9.30. The van der Waals surface area contributed by atoms with E-state index in [1.807, 2.05) is 20.8 Å². The molecule has 1 N–H and O–H groups in total. The van der Waals surface area contributed by atoms with Crippen molar-refractivity contribution >= 4 is 17.5 Å². The summed E-state index contributed by atoms with van der Waals surface area (Å²) in [5.74, 6) is -0.659. The Bertz CT molecular complexity index is 853. The maximum absolute atomic E-state index is 13.1. The molecule has 0 aliphatic carbocycles. The third kappa shape index (κ3) is 4.85. The third-order valence-electron chi connectivity index (χ3n) is 4.49. The molecule has 2 aromatic rings. The molecule has 1 aromatic carbocycles. The highest BCUT2D eigenvalue weighted by molar-refractivity contribution is 5.99. The lowest BCUT2D eigenvalue weighted by Crippen LogP contribution is -2.48. The van der Waals surface area contributed by atoms with E-state index in [4.69, 9.17) is 0 Å². The number of anilines is 1. The molecule has 6 nitrogen and oxygen atoms in total. The standard InChI is InChI=1S/C21H25FN4O2/c1-21(2,3)24-19(27)15-12-16(14-23-13-15)20(28)26-10-8-25(9-11-26)18-6-4-17(22)5-7-18/h4-7,12-14H,8-11H2,1-3H3,(H,24,27). The van der Waals surface area contributed by atoms with Gasteiger partial charge in [-0.3, -0.25) is 14.6 Å². The smallest absolute Gasteiger partial charge is 0.255 e. The molecule has 1 aromatic heterocycles. The summed E-state index contributed by atoms with van der Waals surface area (Å²) < 4.78 is 13.1.